The highest BCUT2D eigenvalue weighted by molar-refractivity contribution is 7.89. The molecule has 5 rings (SSSR count). The van der Waals surface area contributed by atoms with Gasteiger partial charge in [0.2, 0.25) is 15.9 Å². The molecule has 1 amide bonds. The molecule has 0 spiro atoms. The van der Waals surface area contributed by atoms with Gasteiger partial charge in [0.05, 0.1) is 12.0 Å². The Kier molecular flexibility index (Phi) is 6.55. The van der Waals surface area contributed by atoms with Gasteiger partial charge in [0.15, 0.2) is 0 Å². The predicted octanol–water partition coefficient (Wildman–Crippen LogP) is 4.30. The molecule has 0 radical (unpaired) electrons. The van der Waals surface area contributed by atoms with E-state index >= 15 is 0 Å². The maximum atomic E-state index is 14.0. The lowest BCUT2D eigenvalue weighted by atomic mass is 10.1. The SMILES string of the molecule is COc1ccc2ccc(S(=O)(=O)N(Cc3ccsc3)[C@H]3CCN(Cc4ccncc4)C3=O)cc2c1. The number of amides is 1. The molecule has 2 aromatic heterocycles. The zero-order valence-electron chi connectivity index (χ0n) is 19.2. The molecule has 1 aliphatic heterocycles. The molecule has 1 saturated heterocycles. The standard InChI is InChI=1S/C26H25N3O4S2/c1-33-23-4-2-21-3-5-24(15-22(21)14-23)35(31,32)29(17-20-9-13-34-18-20)25-8-12-28(26(25)30)16-19-6-10-27-11-7-19/h2-7,9-11,13-15,18,25H,8,12,16-17H2,1H3/t25-/m0/s1. The van der Waals surface area contributed by atoms with E-state index in [1.165, 1.54) is 15.6 Å². The fraction of sp³-hybridized carbons (Fsp3) is 0.231. The molecule has 2 aromatic carbocycles. The number of carbonyl (C=O) groups excluding carboxylic acids is 1. The van der Waals surface area contributed by atoms with Crippen molar-refractivity contribution in [2.75, 3.05) is 13.7 Å². The van der Waals surface area contributed by atoms with E-state index in [2.05, 4.69) is 4.98 Å². The van der Waals surface area contributed by atoms with Crippen molar-refractivity contribution in [1.29, 1.82) is 0 Å². The Morgan fingerprint density at radius 2 is 1.86 bits per heavy atom. The number of carbonyl (C=O) groups is 1. The molecule has 0 unspecified atom stereocenters. The van der Waals surface area contributed by atoms with Gasteiger partial charge in [-0.05, 0) is 81.5 Å². The molecular weight excluding hydrogens is 482 g/mol. The topological polar surface area (TPSA) is 79.8 Å². The summed E-state index contributed by atoms with van der Waals surface area (Å²) in [6, 6.07) is 15.5. The number of pyridine rings is 1. The molecule has 7 nitrogen and oxygen atoms in total. The van der Waals surface area contributed by atoms with Gasteiger partial charge >= 0.3 is 0 Å². The molecule has 0 aliphatic carbocycles. The summed E-state index contributed by atoms with van der Waals surface area (Å²) >= 11 is 1.50. The molecule has 1 fully saturated rings. The summed E-state index contributed by atoms with van der Waals surface area (Å²) in [4.78, 5) is 19.4. The number of nitrogens with zero attached hydrogens (tertiary/aromatic N) is 3. The molecule has 3 heterocycles. The van der Waals surface area contributed by atoms with Crippen LogP contribution in [0.3, 0.4) is 0 Å². The van der Waals surface area contributed by atoms with E-state index in [1.807, 2.05) is 47.2 Å². The van der Waals surface area contributed by atoms with Gasteiger partial charge in [-0.2, -0.15) is 15.6 Å². The van der Waals surface area contributed by atoms with E-state index < -0.39 is 16.1 Å². The first-order valence-electron chi connectivity index (χ1n) is 11.2. The summed E-state index contributed by atoms with van der Waals surface area (Å²) in [5.41, 5.74) is 1.83. The normalized spacial score (nSPS) is 16.3. The van der Waals surface area contributed by atoms with Crippen molar-refractivity contribution in [1.82, 2.24) is 14.2 Å². The third kappa shape index (κ3) is 4.80. The molecule has 0 saturated carbocycles. The minimum Gasteiger partial charge on any atom is -0.497 e. The van der Waals surface area contributed by atoms with Gasteiger partial charge in [-0.15, -0.1) is 0 Å². The van der Waals surface area contributed by atoms with Crippen LogP contribution in [0, 0.1) is 0 Å². The number of likely N-dealkylation sites (tertiary alicyclic amines) is 1. The lowest BCUT2D eigenvalue weighted by Crippen LogP contribution is -2.44. The van der Waals surface area contributed by atoms with Gasteiger partial charge in [-0.1, -0.05) is 12.1 Å². The maximum Gasteiger partial charge on any atom is 0.244 e. The minimum atomic E-state index is -3.96. The van der Waals surface area contributed by atoms with Crippen LogP contribution in [0.1, 0.15) is 17.5 Å². The van der Waals surface area contributed by atoms with Crippen LogP contribution < -0.4 is 4.74 Å². The van der Waals surface area contributed by atoms with Crippen molar-refractivity contribution in [2.24, 2.45) is 0 Å². The van der Waals surface area contributed by atoms with Crippen molar-refractivity contribution >= 4 is 38.0 Å². The molecule has 0 N–H and O–H groups in total. The highest BCUT2D eigenvalue weighted by Gasteiger charge is 2.42. The molecule has 1 atom stereocenters. The average Bonchev–Trinajstić information content (AvgIpc) is 3.52. The molecule has 180 valence electrons. The summed E-state index contributed by atoms with van der Waals surface area (Å²) < 4.78 is 34.6. The molecular formula is C26H25N3O4S2. The zero-order chi connectivity index (χ0) is 24.4. The van der Waals surface area contributed by atoms with Gasteiger partial charge in [-0.25, -0.2) is 8.42 Å². The number of hydrogen-bond acceptors (Lipinski definition) is 6. The summed E-state index contributed by atoms with van der Waals surface area (Å²) in [5.74, 6) is 0.475. The second-order valence-corrected chi connectivity index (χ2v) is 11.1. The van der Waals surface area contributed by atoms with Crippen LogP contribution in [-0.4, -0.2) is 48.2 Å². The number of aromatic nitrogens is 1. The van der Waals surface area contributed by atoms with E-state index in [-0.39, 0.29) is 17.3 Å². The Morgan fingerprint density at radius 1 is 1.06 bits per heavy atom. The Morgan fingerprint density at radius 3 is 2.60 bits per heavy atom. The summed E-state index contributed by atoms with van der Waals surface area (Å²) in [6.45, 7) is 1.07. The smallest absolute Gasteiger partial charge is 0.244 e. The minimum absolute atomic E-state index is 0.140. The van der Waals surface area contributed by atoms with Crippen LogP contribution in [0.2, 0.25) is 0 Å². The van der Waals surface area contributed by atoms with E-state index in [0.29, 0.717) is 25.3 Å². The summed E-state index contributed by atoms with van der Waals surface area (Å²) in [7, 11) is -2.38. The van der Waals surface area contributed by atoms with E-state index in [0.717, 1.165) is 21.9 Å². The van der Waals surface area contributed by atoms with Crippen LogP contribution in [0.15, 0.2) is 82.6 Å². The Bertz CT molecular complexity index is 1440. The Labute approximate surface area is 208 Å². The van der Waals surface area contributed by atoms with Crippen LogP contribution in [-0.2, 0) is 27.9 Å². The molecule has 35 heavy (non-hydrogen) atoms. The zero-order valence-corrected chi connectivity index (χ0v) is 20.8. The number of benzene rings is 2. The first kappa shape index (κ1) is 23.5. The number of fused-ring (bicyclic) bond motifs is 1. The van der Waals surface area contributed by atoms with Gasteiger partial charge < -0.3 is 9.64 Å². The van der Waals surface area contributed by atoms with Crippen LogP contribution in [0.5, 0.6) is 5.75 Å². The quantitative estimate of drug-likeness (QED) is 0.355. The fourth-order valence-electron chi connectivity index (χ4n) is 4.41. The van der Waals surface area contributed by atoms with Crippen molar-refractivity contribution in [3.63, 3.8) is 0 Å². The molecule has 1 aliphatic rings. The van der Waals surface area contributed by atoms with Crippen molar-refractivity contribution in [3.8, 4) is 5.75 Å². The van der Waals surface area contributed by atoms with Crippen LogP contribution >= 0.6 is 11.3 Å². The molecule has 0 bridgehead atoms. The van der Waals surface area contributed by atoms with Crippen molar-refractivity contribution in [2.45, 2.75) is 30.4 Å². The third-order valence-corrected chi connectivity index (χ3v) is 8.87. The van der Waals surface area contributed by atoms with Crippen LogP contribution in [0.25, 0.3) is 10.8 Å². The number of rotatable bonds is 8. The predicted molar refractivity (Wildman–Crippen MR) is 136 cm³/mol. The monoisotopic (exact) mass is 507 g/mol. The van der Waals surface area contributed by atoms with Crippen molar-refractivity contribution < 1.29 is 17.9 Å². The van der Waals surface area contributed by atoms with E-state index in [1.54, 1.807) is 42.6 Å². The number of thiophene rings is 1. The maximum absolute atomic E-state index is 14.0. The third-order valence-electron chi connectivity index (χ3n) is 6.28. The molecule has 4 aromatic rings. The largest absolute Gasteiger partial charge is 0.497 e. The van der Waals surface area contributed by atoms with Gasteiger partial charge in [0.1, 0.15) is 11.8 Å². The summed E-state index contributed by atoms with van der Waals surface area (Å²) in [6.07, 6.45) is 3.82. The average molecular weight is 508 g/mol. The Balaban J connectivity index is 1.49. The lowest BCUT2D eigenvalue weighted by molar-refractivity contribution is -0.131. The highest BCUT2D eigenvalue weighted by Crippen LogP contribution is 2.30. The van der Waals surface area contributed by atoms with Gasteiger partial charge in [0.25, 0.3) is 0 Å². The van der Waals surface area contributed by atoms with Crippen molar-refractivity contribution in [3.05, 3.63) is 88.9 Å². The number of methoxy groups -OCH3 is 1. The van der Waals surface area contributed by atoms with E-state index in [4.69, 9.17) is 4.74 Å². The number of sulfonamides is 1. The second-order valence-electron chi connectivity index (χ2n) is 8.48. The highest BCUT2D eigenvalue weighted by atomic mass is 32.2. The van der Waals surface area contributed by atoms with Gasteiger partial charge in [-0.3, -0.25) is 9.78 Å². The van der Waals surface area contributed by atoms with Gasteiger partial charge in [0, 0.05) is 32.0 Å². The first-order valence-corrected chi connectivity index (χ1v) is 13.6. The fourth-order valence-corrected chi connectivity index (χ4v) is 6.70. The second kappa shape index (κ2) is 9.77. The van der Waals surface area contributed by atoms with Crippen LogP contribution in [0.4, 0.5) is 0 Å². The van der Waals surface area contributed by atoms with E-state index in [9.17, 15) is 13.2 Å². The Hall–Kier alpha value is -3.27. The molecule has 9 heteroatoms. The summed E-state index contributed by atoms with van der Waals surface area (Å²) in [5, 5.41) is 5.50. The number of hydrogen-bond donors (Lipinski definition) is 0. The number of ether oxygens (including phenoxy) is 1. The lowest BCUT2D eigenvalue weighted by Gasteiger charge is -2.27. The first-order chi connectivity index (χ1) is 17.0.